The maximum absolute atomic E-state index is 5.70. The van der Waals surface area contributed by atoms with Crippen molar-refractivity contribution < 1.29 is 9.15 Å². The first-order chi connectivity index (χ1) is 12.2. The number of anilines is 1. The van der Waals surface area contributed by atoms with E-state index in [-0.39, 0.29) is 0 Å². The summed E-state index contributed by atoms with van der Waals surface area (Å²) in [5.74, 6) is 1.08. The lowest BCUT2D eigenvalue weighted by molar-refractivity contribution is 0.288. The number of nitrogens with two attached hydrogens (primary N) is 1. The minimum atomic E-state index is 0.513. The van der Waals surface area contributed by atoms with Gasteiger partial charge < -0.3 is 14.9 Å². The topological polar surface area (TPSA) is 74.2 Å². The summed E-state index contributed by atoms with van der Waals surface area (Å²) in [6.07, 6.45) is 3.83. The molecule has 0 atom stereocenters. The number of fused-ring (bicyclic) bond motifs is 4. The lowest BCUT2D eigenvalue weighted by Gasteiger charge is -2.15. The van der Waals surface area contributed by atoms with Crippen LogP contribution in [0.2, 0.25) is 0 Å². The first kappa shape index (κ1) is 15.9. The van der Waals surface area contributed by atoms with Gasteiger partial charge in [-0.15, -0.1) is 10.2 Å². The van der Waals surface area contributed by atoms with E-state index in [4.69, 9.17) is 14.9 Å². The number of para-hydroxylation sites is 1. The first-order valence-electron chi connectivity index (χ1n) is 8.02. The normalized spacial score (nSPS) is 13.0. The average Bonchev–Trinajstić information content (AvgIpc) is 3.04. The lowest BCUT2D eigenvalue weighted by Crippen LogP contribution is -2.07. The van der Waals surface area contributed by atoms with E-state index in [1.807, 2.05) is 30.3 Å². The van der Waals surface area contributed by atoms with Gasteiger partial charge >= 0.3 is 0 Å². The summed E-state index contributed by atoms with van der Waals surface area (Å²) in [5.41, 5.74) is 9.63. The smallest absolute Gasteiger partial charge is 0.165 e. The Bertz CT molecular complexity index is 1020. The second-order valence-corrected chi connectivity index (χ2v) is 6.62. The first-order valence-corrected chi connectivity index (χ1v) is 8.81. The van der Waals surface area contributed by atoms with Gasteiger partial charge in [0.05, 0.1) is 12.3 Å². The quantitative estimate of drug-likeness (QED) is 0.464. The zero-order valence-corrected chi connectivity index (χ0v) is 15.0. The highest BCUT2D eigenvalue weighted by atomic mass is 79.9. The van der Waals surface area contributed by atoms with Gasteiger partial charge in [-0.05, 0) is 52.5 Å². The predicted octanol–water partition coefficient (Wildman–Crippen LogP) is 4.73. The molecule has 1 aliphatic heterocycles. The maximum Gasteiger partial charge on any atom is 0.165 e. The largest absolute Gasteiger partial charge is 0.493 e. The number of aromatic nitrogens is 2. The molecule has 126 valence electrons. The predicted molar refractivity (Wildman–Crippen MR) is 102 cm³/mol. The fourth-order valence-corrected chi connectivity index (χ4v) is 3.30. The highest BCUT2D eigenvalue weighted by molar-refractivity contribution is 9.10. The minimum absolute atomic E-state index is 0.513. The molecule has 5 nitrogen and oxygen atoms in total. The van der Waals surface area contributed by atoms with Gasteiger partial charge in [-0.25, -0.2) is 0 Å². The molecule has 25 heavy (non-hydrogen) atoms. The molecule has 2 aromatic carbocycles. The monoisotopic (exact) mass is 397 g/mol. The van der Waals surface area contributed by atoms with Gasteiger partial charge in [-0.2, -0.15) is 0 Å². The van der Waals surface area contributed by atoms with E-state index in [2.05, 4.69) is 38.3 Å². The van der Waals surface area contributed by atoms with E-state index in [0.717, 1.165) is 34.2 Å². The van der Waals surface area contributed by atoms with Crippen LogP contribution in [0, 0.1) is 0 Å². The fourth-order valence-electron chi connectivity index (χ4n) is 2.86. The van der Waals surface area contributed by atoms with Gasteiger partial charge in [-0.1, -0.05) is 24.3 Å². The zero-order valence-electron chi connectivity index (χ0n) is 13.4. The van der Waals surface area contributed by atoms with Crippen molar-refractivity contribution >= 4 is 43.6 Å². The van der Waals surface area contributed by atoms with Crippen LogP contribution in [0.25, 0.3) is 22.0 Å². The van der Waals surface area contributed by atoms with Crippen LogP contribution < -0.4 is 10.5 Å². The summed E-state index contributed by atoms with van der Waals surface area (Å²) >= 11 is 3.41. The van der Waals surface area contributed by atoms with Crippen LogP contribution in [-0.4, -0.2) is 16.8 Å². The third kappa shape index (κ3) is 3.05. The molecule has 0 saturated heterocycles. The number of hydrogen-bond acceptors (Lipinski definition) is 5. The van der Waals surface area contributed by atoms with Gasteiger partial charge in [0.25, 0.3) is 0 Å². The number of furan rings is 1. The Kier molecular flexibility index (Phi) is 4.28. The number of rotatable bonds is 0. The van der Waals surface area contributed by atoms with E-state index < -0.39 is 0 Å². The van der Waals surface area contributed by atoms with Crippen molar-refractivity contribution in [1.82, 2.24) is 10.2 Å². The van der Waals surface area contributed by atoms with E-state index in [1.54, 1.807) is 0 Å². The SMILES string of the molecule is Nc1coc2c1nnc1c(Br)cccc12.c1ccc2c(c1)CCCO2. The zero-order chi connectivity index (χ0) is 17.2. The van der Waals surface area contributed by atoms with E-state index >= 15 is 0 Å². The Morgan fingerprint density at radius 3 is 2.72 bits per heavy atom. The Morgan fingerprint density at radius 1 is 1.00 bits per heavy atom. The molecule has 4 aromatic rings. The van der Waals surface area contributed by atoms with Crippen molar-refractivity contribution in [3.8, 4) is 5.75 Å². The number of hydrogen-bond donors (Lipinski definition) is 1. The second-order valence-electron chi connectivity index (χ2n) is 5.76. The number of nitrogens with zero attached hydrogens (tertiary/aromatic N) is 2. The summed E-state index contributed by atoms with van der Waals surface area (Å²) in [4.78, 5) is 0. The molecule has 0 aliphatic carbocycles. The van der Waals surface area contributed by atoms with Crippen LogP contribution in [0.5, 0.6) is 5.75 Å². The van der Waals surface area contributed by atoms with Gasteiger partial charge in [0.15, 0.2) is 11.1 Å². The molecule has 1 aliphatic rings. The average molecular weight is 398 g/mol. The van der Waals surface area contributed by atoms with Gasteiger partial charge in [0.1, 0.15) is 17.5 Å². The molecule has 2 N–H and O–H groups in total. The third-order valence-electron chi connectivity index (χ3n) is 4.09. The molecule has 3 heterocycles. The molecule has 0 saturated carbocycles. The van der Waals surface area contributed by atoms with E-state index in [1.165, 1.54) is 18.2 Å². The third-order valence-corrected chi connectivity index (χ3v) is 4.73. The summed E-state index contributed by atoms with van der Waals surface area (Å²) in [6, 6.07) is 14.0. The maximum atomic E-state index is 5.70. The molecule has 2 aromatic heterocycles. The van der Waals surface area contributed by atoms with Crippen molar-refractivity contribution in [3.63, 3.8) is 0 Å². The molecular formula is C19H16BrN3O2. The van der Waals surface area contributed by atoms with Crippen molar-refractivity contribution in [2.75, 3.05) is 12.3 Å². The Hall–Kier alpha value is -2.60. The fraction of sp³-hybridized carbons (Fsp3) is 0.158. The summed E-state index contributed by atoms with van der Waals surface area (Å²) in [7, 11) is 0. The molecule has 0 radical (unpaired) electrons. The van der Waals surface area contributed by atoms with Crippen molar-refractivity contribution in [2.24, 2.45) is 0 Å². The van der Waals surface area contributed by atoms with Crippen LogP contribution >= 0.6 is 15.9 Å². The summed E-state index contributed by atoms with van der Waals surface area (Å²) in [6.45, 7) is 0.886. The van der Waals surface area contributed by atoms with Gasteiger partial charge in [0, 0.05) is 9.86 Å². The lowest BCUT2D eigenvalue weighted by atomic mass is 10.1. The molecular weight excluding hydrogens is 382 g/mol. The molecule has 0 bridgehead atoms. The van der Waals surface area contributed by atoms with E-state index in [0.29, 0.717) is 16.8 Å². The highest BCUT2D eigenvalue weighted by Crippen LogP contribution is 2.30. The summed E-state index contributed by atoms with van der Waals surface area (Å²) in [5, 5.41) is 9.04. The number of benzene rings is 2. The molecule has 6 heteroatoms. The van der Waals surface area contributed by atoms with Crippen molar-refractivity contribution in [1.29, 1.82) is 0 Å². The van der Waals surface area contributed by atoms with Gasteiger partial charge in [0.2, 0.25) is 0 Å². The van der Waals surface area contributed by atoms with Crippen LogP contribution in [0.15, 0.2) is 57.6 Å². The standard InChI is InChI=1S/C10H6BrN3O.C9H10O/c11-6-3-1-2-5-8(6)13-14-9-7(12)4-15-10(5)9;1-2-6-9-8(4-1)5-3-7-10-9/h1-4H,12H2;1-2,4,6H,3,5,7H2. The Balaban J connectivity index is 0.000000136. The van der Waals surface area contributed by atoms with E-state index in [9.17, 15) is 0 Å². The molecule has 0 unspecified atom stereocenters. The Morgan fingerprint density at radius 2 is 1.84 bits per heavy atom. The molecule has 0 amide bonds. The number of halogens is 1. The highest BCUT2D eigenvalue weighted by Gasteiger charge is 2.11. The second kappa shape index (κ2) is 6.72. The molecule has 0 fully saturated rings. The van der Waals surface area contributed by atoms with Crippen LogP contribution in [0.3, 0.4) is 0 Å². The van der Waals surface area contributed by atoms with Crippen LogP contribution in [0.1, 0.15) is 12.0 Å². The van der Waals surface area contributed by atoms with Crippen molar-refractivity contribution in [3.05, 3.63) is 58.8 Å². The van der Waals surface area contributed by atoms with Crippen LogP contribution in [-0.2, 0) is 6.42 Å². The molecule has 0 spiro atoms. The number of nitrogen functional groups attached to an aromatic ring is 1. The minimum Gasteiger partial charge on any atom is -0.493 e. The summed E-state index contributed by atoms with van der Waals surface area (Å²) < 4.78 is 11.7. The van der Waals surface area contributed by atoms with Crippen molar-refractivity contribution in [2.45, 2.75) is 12.8 Å². The Labute approximate surface area is 152 Å². The van der Waals surface area contributed by atoms with Crippen LogP contribution in [0.4, 0.5) is 5.69 Å². The van der Waals surface area contributed by atoms with Gasteiger partial charge in [-0.3, -0.25) is 0 Å². The number of ether oxygens (including phenoxy) is 1. The number of aryl methyl sites for hydroxylation is 1. The molecule has 5 rings (SSSR count).